The molecule has 126 valence electrons. The van der Waals surface area contributed by atoms with Crippen LogP contribution in [0.2, 0.25) is 0 Å². The first kappa shape index (κ1) is 17.3. The van der Waals surface area contributed by atoms with Gasteiger partial charge in [0.15, 0.2) is 0 Å². The third-order valence-electron chi connectivity index (χ3n) is 5.47. The van der Waals surface area contributed by atoms with Gasteiger partial charge in [0, 0.05) is 25.4 Å². The van der Waals surface area contributed by atoms with E-state index in [0.29, 0.717) is 5.91 Å². The lowest BCUT2D eigenvalue weighted by Crippen LogP contribution is -2.42. The molecule has 4 heteroatoms. The fourth-order valence-corrected chi connectivity index (χ4v) is 4.20. The van der Waals surface area contributed by atoms with Crippen LogP contribution in [-0.4, -0.2) is 35.0 Å². The summed E-state index contributed by atoms with van der Waals surface area (Å²) in [5.74, 6) is 0.826. The van der Waals surface area contributed by atoms with E-state index < -0.39 is 5.97 Å². The van der Waals surface area contributed by atoms with Gasteiger partial charge in [0.1, 0.15) is 0 Å². The normalized spacial score (nSPS) is 22.0. The minimum absolute atomic E-state index is 0.198. The number of amides is 1. The first-order valence-electron chi connectivity index (χ1n) is 9.10. The van der Waals surface area contributed by atoms with Crippen LogP contribution in [0.25, 0.3) is 0 Å². The van der Waals surface area contributed by atoms with E-state index in [4.69, 9.17) is 5.11 Å². The fourth-order valence-electron chi connectivity index (χ4n) is 4.20. The van der Waals surface area contributed by atoms with E-state index in [0.717, 1.165) is 51.1 Å². The molecule has 0 aromatic carbocycles. The molecule has 22 heavy (non-hydrogen) atoms. The van der Waals surface area contributed by atoms with Crippen LogP contribution in [0.1, 0.15) is 71.1 Å². The Labute approximate surface area is 134 Å². The zero-order chi connectivity index (χ0) is 15.9. The average molecular weight is 309 g/mol. The molecule has 0 aromatic rings. The second kappa shape index (κ2) is 8.54. The van der Waals surface area contributed by atoms with Crippen LogP contribution in [0.5, 0.6) is 0 Å². The lowest BCUT2D eigenvalue weighted by molar-refractivity contribution is -0.139. The van der Waals surface area contributed by atoms with Crippen molar-refractivity contribution in [2.24, 2.45) is 17.8 Å². The maximum absolute atomic E-state index is 12.8. The predicted molar refractivity (Wildman–Crippen MR) is 86.5 cm³/mol. The van der Waals surface area contributed by atoms with Crippen LogP contribution in [0.3, 0.4) is 0 Å². The number of piperidine rings is 1. The first-order valence-corrected chi connectivity index (χ1v) is 9.10. The van der Waals surface area contributed by atoms with E-state index in [1.54, 1.807) is 0 Å². The molecule has 0 aromatic heterocycles. The first-order chi connectivity index (χ1) is 10.6. The van der Waals surface area contributed by atoms with Crippen LogP contribution in [-0.2, 0) is 9.59 Å². The topological polar surface area (TPSA) is 57.6 Å². The summed E-state index contributed by atoms with van der Waals surface area (Å²) in [4.78, 5) is 25.6. The molecule has 1 heterocycles. The summed E-state index contributed by atoms with van der Waals surface area (Å²) >= 11 is 0. The highest BCUT2D eigenvalue weighted by Gasteiger charge is 2.30. The maximum atomic E-state index is 12.8. The van der Waals surface area contributed by atoms with Crippen molar-refractivity contribution in [1.82, 2.24) is 4.90 Å². The van der Waals surface area contributed by atoms with Crippen molar-refractivity contribution in [3.05, 3.63) is 0 Å². The Kier molecular flexibility index (Phi) is 6.71. The molecule has 1 saturated heterocycles. The van der Waals surface area contributed by atoms with Crippen LogP contribution in [0.4, 0.5) is 0 Å². The quantitative estimate of drug-likeness (QED) is 0.780. The second-order valence-corrected chi connectivity index (χ2v) is 7.24. The van der Waals surface area contributed by atoms with Crippen LogP contribution in [0.15, 0.2) is 0 Å². The standard InChI is InChI=1S/C18H31NO3/c1-2-5-16(12-14-6-3-4-7-14)18(22)19-10-8-15(9-11-19)13-17(20)21/h14-16H,2-13H2,1H3,(H,20,21). The van der Waals surface area contributed by atoms with Crippen molar-refractivity contribution >= 4 is 11.9 Å². The number of rotatable bonds is 7. The molecule has 1 N–H and O–H groups in total. The Balaban J connectivity index is 1.83. The lowest BCUT2D eigenvalue weighted by atomic mass is 9.87. The number of carboxylic acid groups (broad SMARTS) is 1. The molecule has 0 bridgehead atoms. The number of carbonyl (C=O) groups is 2. The summed E-state index contributed by atoms with van der Waals surface area (Å²) in [5.41, 5.74) is 0. The molecule has 4 nitrogen and oxygen atoms in total. The van der Waals surface area contributed by atoms with Gasteiger partial charge in [-0.3, -0.25) is 9.59 Å². The molecule has 1 aliphatic carbocycles. The molecule has 1 amide bonds. The van der Waals surface area contributed by atoms with E-state index in [-0.39, 0.29) is 18.3 Å². The van der Waals surface area contributed by atoms with Gasteiger partial charge in [0.25, 0.3) is 0 Å². The molecular weight excluding hydrogens is 278 g/mol. The van der Waals surface area contributed by atoms with Crippen LogP contribution in [0, 0.1) is 17.8 Å². The number of likely N-dealkylation sites (tertiary alicyclic amines) is 1. The summed E-state index contributed by atoms with van der Waals surface area (Å²) in [6.07, 6.45) is 10.4. The summed E-state index contributed by atoms with van der Waals surface area (Å²) < 4.78 is 0. The summed E-state index contributed by atoms with van der Waals surface area (Å²) in [5, 5.41) is 8.88. The third kappa shape index (κ3) is 4.99. The second-order valence-electron chi connectivity index (χ2n) is 7.24. The van der Waals surface area contributed by atoms with Crippen LogP contribution >= 0.6 is 0 Å². The molecule has 2 rings (SSSR count). The van der Waals surface area contributed by atoms with Gasteiger partial charge in [0.05, 0.1) is 0 Å². The minimum atomic E-state index is -0.713. The predicted octanol–water partition coefficient (Wildman–Crippen LogP) is 3.70. The van der Waals surface area contributed by atoms with Gasteiger partial charge < -0.3 is 10.0 Å². The smallest absolute Gasteiger partial charge is 0.303 e. The van der Waals surface area contributed by atoms with E-state index >= 15 is 0 Å². The Morgan fingerprint density at radius 2 is 1.73 bits per heavy atom. The van der Waals surface area contributed by atoms with Gasteiger partial charge in [-0.25, -0.2) is 0 Å². The SMILES string of the molecule is CCCC(CC1CCCC1)C(=O)N1CCC(CC(=O)O)CC1. The number of nitrogens with zero attached hydrogens (tertiary/aromatic N) is 1. The number of hydrogen-bond acceptors (Lipinski definition) is 2. The van der Waals surface area contributed by atoms with Crippen molar-refractivity contribution < 1.29 is 14.7 Å². The molecule has 1 unspecified atom stereocenters. The van der Waals surface area contributed by atoms with Crippen molar-refractivity contribution in [3.63, 3.8) is 0 Å². The fraction of sp³-hybridized carbons (Fsp3) is 0.889. The molecule has 1 atom stereocenters. The molecule has 1 saturated carbocycles. The van der Waals surface area contributed by atoms with E-state index in [1.165, 1.54) is 25.7 Å². The van der Waals surface area contributed by atoms with Crippen molar-refractivity contribution in [3.8, 4) is 0 Å². The third-order valence-corrected chi connectivity index (χ3v) is 5.47. The van der Waals surface area contributed by atoms with E-state index in [2.05, 4.69) is 6.92 Å². The van der Waals surface area contributed by atoms with Crippen molar-refractivity contribution in [1.29, 1.82) is 0 Å². The maximum Gasteiger partial charge on any atom is 0.303 e. The highest BCUT2D eigenvalue weighted by molar-refractivity contribution is 5.79. The van der Waals surface area contributed by atoms with Gasteiger partial charge in [0.2, 0.25) is 5.91 Å². The average Bonchev–Trinajstić information content (AvgIpc) is 2.99. The number of aliphatic carboxylic acids is 1. The van der Waals surface area contributed by atoms with E-state index in [9.17, 15) is 9.59 Å². The molecule has 0 radical (unpaired) electrons. The molecule has 0 spiro atoms. The molecular formula is C18H31NO3. The lowest BCUT2D eigenvalue weighted by Gasteiger charge is -2.34. The Morgan fingerprint density at radius 3 is 2.27 bits per heavy atom. The Bertz CT molecular complexity index is 369. The summed E-state index contributed by atoms with van der Waals surface area (Å²) in [6, 6.07) is 0. The van der Waals surface area contributed by atoms with Gasteiger partial charge in [-0.05, 0) is 37.5 Å². The number of carbonyl (C=O) groups excluding carboxylic acids is 1. The minimum Gasteiger partial charge on any atom is -0.481 e. The van der Waals surface area contributed by atoms with Gasteiger partial charge in [-0.15, -0.1) is 0 Å². The van der Waals surface area contributed by atoms with Crippen molar-refractivity contribution in [2.45, 2.75) is 71.1 Å². The highest BCUT2D eigenvalue weighted by atomic mass is 16.4. The monoisotopic (exact) mass is 309 g/mol. The summed E-state index contributed by atoms with van der Waals surface area (Å²) in [7, 11) is 0. The number of carboxylic acids is 1. The zero-order valence-corrected chi connectivity index (χ0v) is 13.9. The van der Waals surface area contributed by atoms with E-state index in [1.807, 2.05) is 4.90 Å². The number of hydrogen-bond donors (Lipinski definition) is 1. The Hall–Kier alpha value is -1.06. The van der Waals surface area contributed by atoms with Gasteiger partial charge >= 0.3 is 5.97 Å². The highest BCUT2D eigenvalue weighted by Crippen LogP contribution is 2.33. The molecule has 1 aliphatic heterocycles. The molecule has 2 fully saturated rings. The van der Waals surface area contributed by atoms with Crippen molar-refractivity contribution in [2.75, 3.05) is 13.1 Å². The Morgan fingerprint density at radius 1 is 1.09 bits per heavy atom. The van der Waals surface area contributed by atoms with Gasteiger partial charge in [-0.2, -0.15) is 0 Å². The van der Waals surface area contributed by atoms with Gasteiger partial charge in [-0.1, -0.05) is 39.0 Å². The largest absolute Gasteiger partial charge is 0.481 e. The zero-order valence-electron chi connectivity index (χ0n) is 13.9. The summed E-state index contributed by atoms with van der Waals surface area (Å²) in [6.45, 7) is 3.66. The van der Waals surface area contributed by atoms with Crippen LogP contribution < -0.4 is 0 Å². The molecule has 2 aliphatic rings.